The molecule has 2 N–H and O–H groups in total. The van der Waals surface area contributed by atoms with Gasteiger partial charge in [0, 0.05) is 5.69 Å². The van der Waals surface area contributed by atoms with Gasteiger partial charge in [0.1, 0.15) is 6.61 Å². The number of hydrogen-bond acceptors (Lipinski definition) is 4. The second-order valence-electron chi connectivity index (χ2n) is 4.73. The third kappa shape index (κ3) is 4.98. The molecule has 0 radical (unpaired) electrons. The molecule has 0 heterocycles. The van der Waals surface area contributed by atoms with E-state index in [1.54, 1.807) is 30.3 Å². The van der Waals surface area contributed by atoms with Crippen molar-refractivity contribution >= 4 is 17.7 Å². The number of hydrogen-bond donors (Lipinski definition) is 2. The molecule has 0 saturated heterocycles. The van der Waals surface area contributed by atoms with E-state index in [2.05, 4.69) is 15.4 Å². The molecular formula is C17H17FN2O4. The van der Waals surface area contributed by atoms with Crippen LogP contribution in [0.1, 0.15) is 10.4 Å². The van der Waals surface area contributed by atoms with Crippen molar-refractivity contribution < 1.29 is 23.5 Å². The van der Waals surface area contributed by atoms with Gasteiger partial charge in [-0.1, -0.05) is 18.2 Å². The average molecular weight is 332 g/mol. The summed E-state index contributed by atoms with van der Waals surface area (Å²) in [6, 6.07) is 11.9. The first-order valence-electron chi connectivity index (χ1n) is 7.20. The number of urea groups is 1. The maximum absolute atomic E-state index is 13.3. The maximum atomic E-state index is 13.3. The van der Waals surface area contributed by atoms with Crippen LogP contribution in [0, 0.1) is 5.82 Å². The van der Waals surface area contributed by atoms with E-state index in [0.717, 1.165) is 0 Å². The number of carbonyl (C=O) groups is 2. The van der Waals surface area contributed by atoms with Crippen LogP contribution in [0.2, 0.25) is 0 Å². The van der Waals surface area contributed by atoms with Gasteiger partial charge in [0.25, 0.3) is 0 Å². The molecule has 2 aromatic carbocycles. The van der Waals surface area contributed by atoms with Gasteiger partial charge in [-0.3, -0.25) is 0 Å². The van der Waals surface area contributed by atoms with Gasteiger partial charge in [-0.05, 0) is 30.3 Å². The minimum atomic E-state index is -0.489. The lowest BCUT2D eigenvalue weighted by Gasteiger charge is -2.10. The summed E-state index contributed by atoms with van der Waals surface area (Å²) in [5.41, 5.74) is 0.781. The Morgan fingerprint density at radius 1 is 1.12 bits per heavy atom. The second kappa shape index (κ2) is 8.52. The highest BCUT2D eigenvalue weighted by molar-refractivity contribution is 5.93. The van der Waals surface area contributed by atoms with Crippen LogP contribution in [0.25, 0.3) is 0 Å². The molecule has 7 heteroatoms. The average Bonchev–Trinajstić information content (AvgIpc) is 2.59. The third-order valence-electron chi connectivity index (χ3n) is 3.02. The molecule has 0 saturated carbocycles. The molecule has 2 amide bonds. The van der Waals surface area contributed by atoms with Gasteiger partial charge < -0.3 is 20.1 Å². The Morgan fingerprint density at radius 3 is 2.67 bits per heavy atom. The minimum absolute atomic E-state index is 0.122. The number of halogens is 1. The molecule has 0 unspecified atom stereocenters. The highest BCUT2D eigenvalue weighted by atomic mass is 19.1. The summed E-state index contributed by atoms with van der Waals surface area (Å²) >= 11 is 0. The van der Waals surface area contributed by atoms with E-state index >= 15 is 0 Å². The van der Waals surface area contributed by atoms with Crippen molar-refractivity contribution in [2.75, 3.05) is 25.6 Å². The summed E-state index contributed by atoms with van der Waals surface area (Å²) in [5.74, 6) is -0.815. The number of anilines is 1. The molecule has 126 valence electrons. The molecule has 24 heavy (non-hydrogen) atoms. The maximum Gasteiger partial charge on any atom is 0.337 e. The van der Waals surface area contributed by atoms with Crippen molar-refractivity contribution in [3.05, 3.63) is 59.9 Å². The molecular weight excluding hydrogens is 315 g/mol. The third-order valence-corrected chi connectivity index (χ3v) is 3.02. The zero-order valence-electron chi connectivity index (χ0n) is 13.0. The van der Waals surface area contributed by atoms with E-state index in [1.165, 1.54) is 25.3 Å². The predicted octanol–water partition coefficient (Wildman–Crippen LogP) is 2.81. The number of esters is 1. The van der Waals surface area contributed by atoms with Crippen molar-refractivity contribution in [2.24, 2.45) is 0 Å². The van der Waals surface area contributed by atoms with E-state index in [4.69, 9.17) is 4.74 Å². The lowest BCUT2D eigenvalue weighted by molar-refractivity contribution is 0.0600. The Labute approximate surface area is 138 Å². The SMILES string of the molecule is COC(=O)c1cccc(NC(=O)NCCOc2ccccc2F)c1. The lowest BCUT2D eigenvalue weighted by atomic mass is 10.2. The van der Waals surface area contributed by atoms with Gasteiger partial charge >= 0.3 is 12.0 Å². The van der Waals surface area contributed by atoms with Gasteiger partial charge in [-0.2, -0.15) is 0 Å². The highest BCUT2D eigenvalue weighted by Crippen LogP contribution is 2.15. The number of ether oxygens (including phenoxy) is 2. The number of methoxy groups -OCH3 is 1. The standard InChI is InChI=1S/C17H17FN2O4/c1-23-16(21)12-5-4-6-13(11-12)20-17(22)19-9-10-24-15-8-3-2-7-14(15)18/h2-8,11H,9-10H2,1H3,(H2,19,20,22). The van der Waals surface area contributed by atoms with Crippen LogP contribution in [-0.4, -0.2) is 32.3 Å². The molecule has 0 fully saturated rings. The normalized spacial score (nSPS) is 9.92. The Hall–Kier alpha value is -3.09. The first-order valence-corrected chi connectivity index (χ1v) is 7.20. The zero-order valence-corrected chi connectivity index (χ0v) is 13.0. The van der Waals surface area contributed by atoms with E-state index in [0.29, 0.717) is 11.3 Å². The predicted molar refractivity (Wildman–Crippen MR) is 86.7 cm³/mol. The summed E-state index contributed by atoms with van der Waals surface area (Å²) in [7, 11) is 1.28. The van der Waals surface area contributed by atoms with Gasteiger partial charge in [-0.15, -0.1) is 0 Å². The van der Waals surface area contributed by atoms with Crippen LogP contribution in [0.4, 0.5) is 14.9 Å². The van der Waals surface area contributed by atoms with Crippen LogP contribution in [0.5, 0.6) is 5.75 Å². The van der Waals surface area contributed by atoms with E-state index < -0.39 is 17.8 Å². The number of amides is 2. The summed E-state index contributed by atoms with van der Waals surface area (Å²) < 4.78 is 23.2. The Balaban J connectivity index is 1.77. The van der Waals surface area contributed by atoms with Crippen LogP contribution < -0.4 is 15.4 Å². The summed E-state index contributed by atoms with van der Waals surface area (Å²) in [4.78, 5) is 23.2. The molecule has 0 aromatic heterocycles. The van der Waals surface area contributed by atoms with Crippen LogP contribution in [-0.2, 0) is 4.74 Å². The van der Waals surface area contributed by atoms with Gasteiger partial charge in [0.05, 0.1) is 19.2 Å². The molecule has 0 aliphatic heterocycles. The monoisotopic (exact) mass is 332 g/mol. The molecule has 2 aromatic rings. The molecule has 6 nitrogen and oxygen atoms in total. The van der Waals surface area contributed by atoms with Crippen molar-refractivity contribution in [2.45, 2.75) is 0 Å². The van der Waals surface area contributed by atoms with Gasteiger partial charge in [0.2, 0.25) is 0 Å². The van der Waals surface area contributed by atoms with Gasteiger partial charge in [0.15, 0.2) is 11.6 Å². The Morgan fingerprint density at radius 2 is 1.92 bits per heavy atom. The number of carbonyl (C=O) groups excluding carboxylic acids is 2. The molecule has 0 atom stereocenters. The first-order chi connectivity index (χ1) is 11.6. The molecule has 0 spiro atoms. The van der Waals surface area contributed by atoms with Crippen molar-refractivity contribution in [1.82, 2.24) is 5.32 Å². The van der Waals surface area contributed by atoms with Crippen molar-refractivity contribution in [3.8, 4) is 5.75 Å². The topological polar surface area (TPSA) is 76.7 Å². The first kappa shape index (κ1) is 17.3. The van der Waals surface area contributed by atoms with Crippen molar-refractivity contribution in [3.63, 3.8) is 0 Å². The minimum Gasteiger partial charge on any atom is -0.489 e. The van der Waals surface area contributed by atoms with Crippen molar-refractivity contribution in [1.29, 1.82) is 0 Å². The van der Waals surface area contributed by atoms with E-state index in [1.807, 2.05) is 0 Å². The highest BCUT2D eigenvalue weighted by Gasteiger charge is 2.07. The summed E-state index contributed by atoms with van der Waals surface area (Å²) in [5, 5.41) is 5.15. The fourth-order valence-electron chi connectivity index (χ4n) is 1.90. The largest absolute Gasteiger partial charge is 0.489 e. The zero-order chi connectivity index (χ0) is 17.4. The Kier molecular flexibility index (Phi) is 6.13. The quantitative estimate of drug-likeness (QED) is 0.630. The summed E-state index contributed by atoms with van der Waals surface area (Å²) in [6.07, 6.45) is 0. The Bertz CT molecular complexity index is 721. The number of nitrogens with one attached hydrogen (secondary N) is 2. The second-order valence-corrected chi connectivity index (χ2v) is 4.73. The molecule has 0 aliphatic rings. The number of para-hydroxylation sites is 1. The lowest BCUT2D eigenvalue weighted by Crippen LogP contribution is -2.32. The fraction of sp³-hybridized carbons (Fsp3) is 0.176. The molecule has 0 aliphatic carbocycles. The fourth-order valence-corrected chi connectivity index (χ4v) is 1.90. The van der Waals surface area contributed by atoms with Crippen LogP contribution >= 0.6 is 0 Å². The van der Waals surface area contributed by atoms with Gasteiger partial charge in [-0.25, -0.2) is 14.0 Å². The number of rotatable bonds is 6. The van der Waals surface area contributed by atoms with E-state index in [9.17, 15) is 14.0 Å². The molecule has 2 rings (SSSR count). The van der Waals surface area contributed by atoms with Crippen LogP contribution in [0.15, 0.2) is 48.5 Å². The summed E-state index contributed by atoms with van der Waals surface area (Å²) in [6.45, 7) is 0.313. The van der Waals surface area contributed by atoms with E-state index in [-0.39, 0.29) is 18.9 Å². The number of benzene rings is 2. The van der Waals surface area contributed by atoms with Crippen LogP contribution in [0.3, 0.4) is 0 Å². The molecule has 0 bridgehead atoms. The smallest absolute Gasteiger partial charge is 0.337 e.